The van der Waals surface area contributed by atoms with Crippen LogP contribution in [-0.2, 0) is 19.2 Å². The van der Waals surface area contributed by atoms with Crippen molar-refractivity contribution in [2.45, 2.75) is 84.1 Å². The summed E-state index contributed by atoms with van der Waals surface area (Å²) < 4.78 is 37.2. The van der Waals surface area contributed by atoms with Gasteiger partial charge in [0.15, 0.2) is 0 Å². The Hall–Kier alpha value is -4.06. The molecule has 1 fully saturated rings. The fourth-order valence-electron chi connectivity index (χ4n) is 4.80. The van der Waals surface area contributed by atoms with Crippen LogP contribution in [0.5, 0.6) is 0 Å². The predicted octanol–water partition coefficient (Wildman–Crippen LogP) is 3.87. The molecule has 0 spiro atoms. The summed E-state index contributed by atoms with van der Waals surface area (Å²) in [5.74, 6) is 0.0147. The summed E-state index contributed by atoms with van der Waals surface area (Å²) in [6.45, 7) is 6.73. The average Bonchev–Trinajstić information content (AvgIpc) is 3.30. The van der Waals surface area contributed by atoms with Gasteiger partial charge in [0.1, 0.15) is 23.5 Å². The number of terminal acetylenes is 1. The number of rotatable bonds is 10. The number of nitriles is 1. The molecule has 2 rings (SSSR count). The molecule has 12 heteroatoms. The van der Waals surface area contributed by atoms with Gasteiger partial charge in [0.2, 0.25) is 23.6 Å². The first-order valence-electron chi connectivity index (χ1n) is 13.6. The second-order valence-electron chi connectivity index (χ2n) is 11.8. The molecular weight excluding hydrogens is 551 g/mol. The van der Waals surface area contributed by atoms with Gasteiger partial charge in [-0.25, -0.2) is 0 Å². The summed E-state index contributed by atoms with van der Waals surface area (Å²) >= 11 is 0. The highest BCUT2D eigenvalue weighted by Crippen LogP contribution is 2.37. The first kappa shape index (κ1) is 34.1. The number of carbonyl (C=O) groups is 4. The zero-order valence-corrected chi connectivity index (χ0v) is 24.5. The van der Waals surface area contributed by atoms with Gasteiger partial charge in [-0.15, -0.1) is 6.42 Å². The standard InChI is InChI=1S/C30H38F3N5O4/c1-7-29(27(42)36-21-12-9-8-10-13-21)16-22(18-34)38(19-29)26(41)23(17-28(3,4)5)37(6)25(40)20(2)35-24(39)14-11-15-30(31,32)33/h1,8-10,12-13,20,22-23H,11,14-17,19H2,2-6H3,(H,35,39)(H,36,42)/t20-,22-,23-,29-/m0/s1. The van der Waals surface area contributed by atoms with Gasteiger partial charge in [0.05, 0.1) is 6.07 Å². The van der Waals surface area contributed by atoms with Crippen LogP contribution in [0.1, 0.15) is 59.8 Å². The Kier molecular flexibility index (Phi) is 11.2. The van der Waals surface area contributed by atoms with E-state index in [1.807, 2.05) is 20.8 Å². The summed E-state index contributed by atoms with van der Waals surface area (Å²) in [6, 6.07) is 7.41. The van der Waals surface area contributed by atoms with Crippen molar-refractivity contribution in [3.8, 4) is 18.4 Å². The number of para-hydroxylation sites is 1. The lowest BCUT2D eigenvalue weighted by atomic mass is 9.85. The molecule has 4 amide bonds. The lowest BCUT2D eigenvalue weighted by Gasteiger charge is -2.36. The van der Waals surface area contributed by atoms with Crippen LogP contribution in [0.3, 0.4) is 0 Å². The molecule has 0 aromatic heterocycles. The largest absolute Gasteiger partial charge is 0.389 e. The molecule has 2 N–H and O–H groups in total. The van der Waals surface area contributed by atoms with Gasteiger partial charge in [0, 0.05) is 38.5 Å². The molecule has 1 aliphatic heterocycles. The molecule has 1 aromatic rings. The Morgan fingerprint density at radius 2 is 1.81 bits per heavy atom. The van der Waals surface area contributed by atoms with E-state index in [1.165, 1.54) is 23.8 Å². The van der Waals surface area contributed by atoms with Crippen LogP contribution in [-0.4, -0.2) is 71.3 Å². The van der Waals surface area contributed by atoms with Crippen LogP contribution in [0, 0.1) is 34.5 Å². The van der Waals surface area contributed by atoms with Gasteiger partial charge in [-0.05, 0) is 37.3 Å². The van der Waals surface area contributed by atoms with E-state index in [1.54, 1.807) is 30.3 Å². The minimum atomic E-state index is -4.39. The van der Waals surface area contributed by atoms with Crippen molar-refractivity contribution in [3.63, 3.8) is 0 Å². The van der Waals surface area contributed by atoms with E-state index in [2.05, 4.69) is 22.6 Å². The number of nitrogens with one attached hydrogen (secondary N) is 2. The van der Waals surface area contributed by atoms with Crippen LogP contribution in [0.2, 0.25) is 0 Å². The molecule has 9 nitrogen and oxygen atoms in total. The molecule has 0 unspecified atom stereocenters. The molecule has 1 saturated heterocycles. The van der Waals surface area contributed by atoms with Gasteiger partial charge in [-0.3, -0.25) is 19.2 Å². The molecule has 1 aliphatic rings. The number of likely N-dealkylation sites (N-methyl/N-ethyl adjacent to an activating group) is 1. The lowest BCUT2D eigenvalue weighted by molar-refractivity contribution is -0.147. The van der Waals surface area contributed by atoms with E-state index >= 15 is 0 Å². The fraction of sp³-hybridized carbons (Fsp3) is 0.567. The minimum absolute atomic E-state index is 0.102. The van der Waals surface area contributed by atoms with Gasteiger partial charge >= 0.3 is 6.18 Å². The Morgan fingerprint density at radius 3 is 2.33 bits per heavy atom. The smallest absolute Gasteiger partial charge is 0.345 e. The van der Waals surface area contributed by atoms with Crippen molar-refractivity contribution in [2.24, 2.45) is 10.8 Å². The maximum absolute atomic E-state index is 14.0. The lowest BCUT2D eigenvalue weighted by Crippen LogP contribution is -2.56. The number of amides is 4. The SMILES string of the molecule is C#C[C@]1(C(=O)Nc2ccccc2)C[C@@H](C#N)N(C(=O)[C@H](CC(C)(C)C)N(C)C(=O)[C@H](C)NC(=O)CCCC(F)(F)F)C1. The van der Waals surface area contributed by atoms with E-state index < -0.39 is 78.0 Å². The molecule has 228 valence electrons. The van der Waals surface area contributed by atoms with Gasteiger partial charge in [-0.2, -0.15) is 18.4 Å². The van der Waals surface area contributed by atoms with Crippen molar-refractivity contribution in [2.75, 3.05) is 18.9 Å². The van der Waals surface area contributed by atoms with Crippen LogP contribution < -0.4 is 10.6 Å². The molecule has 0 radical (unpaired) electrons. The summed E-state index contributed by atoms with van der Waals surface area (Å²) in [5, 5.41) is 15.1. The summed E-state index contributed by atoms with van der Waals surface area (Å²) in [5.41, 5.74) is -1.45. The minimum Gasteiger partial charge on any atom is -0.345 e. The maximum atomic E-state index is 14.0. The Balaban J connectivity index is 2.25. The topological polar surface area (TPSA) is 123 Å². The third kappa shape index (κ3) is 9.23. The second-order valence-corrected chi connectivity index (χ2v) is 11.8. The van der Waals surface area contributed by atoms with Crippen LogP contribution in [0.25, 0.3) is 0 Å². The van der Waals surface area contributed by atoms with E-state index in [0.717, 1.165) is 0 Å². The van der Waals surface area contributed by atoms with Crippen LogP contribution >= 0.6 is 0 Å². The van der Waals surface area contributed by atoms with Crippen molar-refractivity contribution in [1.82, 2.24) is 15.1 Å². The highest BCUT2D eigenvalue weighted by atomic mass is 19.4. The van der Waals surface area contributed by atoms with Crippen molar-refractivity contribution < 1.29 is 32.3 Å². The van der Waals surface area contributed by atoms with Crippen LogP contribution in [0.15, 0.2) is 30.3 Å². The normalized spacial score (nSPS) is 20.0. The number of carbonyl (C=O) groups excluding carboxylic acids is 4. The van der Waals surface area contributed by atoms with Gasteiger partial charge < -0.3 is 20.4 Å². The maximum Gasteiger partial charge on any atom is 0.389 e. The molecule has 4 atom stereocenters. The number of anilines is 1. The number of benzene rings is 1. The average molecular weight is 590 g/mol. The molecule has 42 heavy (non-hydrogen) atoms. The number of halogens is 3. The van der Waals surface area contributed by atoms with Crippen LogP contribution in [0.4, 0.5) is 18.9 Å². The third-order valence-corrected chi connectivity index (χ3v) is 7.05. The number of hydrogen-bond donors (Lipinski definition) is 2. The van der Waals surface area contributed by atoms with E-state index in [4.69, 9.17) is 6.42 Å². The predicted molar refractivity (Wildman–Crippen MR) is 150 cm³/mol. The summed E-state index contributed by atoms with van der Waals surface area (Å²) in [4.78, 5) is 55.2. The number of nitrogens with zero attached hydrogens (tertiary/aromatic N) is 3. The Morgan fingerprint density at radius 1 is 1.19 bits per heavy atom. The summed E-state index contributed by atoms with van der Waals surface area (Å²) in [6.07, 6.45) is -0.467. The quantitative estimate of drug-likeness (QED) is 0.401. The van der Waals surface area contributed by atoms with E-state index in [0.29, 0.717) is 5.69 Å². The Labute approximate surface area is 244 Å². The van der Waals surface area contributed by atoms with Gasteiger partial charge in [0.25, 0.3) is 0 Å². The number of hydrogen-bond acceptors (Lipinski definition) is 5. The summed E-state index contributed by atoms with van der Waals surface area (Å²) in [7, 11) is 1.39. The molecule has 0 bridgehead atoms. The van der Waals surface area contributed by atoms with Crippen molar-refractivity contribution in [1.29, 1.82) is 5.26 Å². The molecule has 0 saturated carbocycles. The van der Waals surface area contributed by atoms with Crippen molar-refractivity contribution in [3.05, 3.63) is 30.3 Å². The zero-order chi connectivity index (χ0) is 31.9. The molecule has 0 aliphatic carbocycles. The first-order valence-corrected chi connectivity index (χ1v) is 13.6. The third-order valence-electron chi connectivity index (χ3n) is 7.05. The highest BCUT2D eigenvalue weighted by molar-refractivity contribution is 5.99. The van der Waals surface area contributed by atoms with Gasteiger partial charge in [-0.1, -0.05) is 44.9 Å². The number of likely N-dealkylation sites (tertiary alicyclic amines) is 1. The van der Waals surface area contributed by atoms with E-state index in [-0.39, 0.29) is 19.4 Å². The second kappa shape index (κ2) is 13.7. The first-order chi connectivity index (χ1) is 19.4. The molecule has 1 heterocycles. The highest BCUT2D eigenvalue weighted by Gasteiger charge is 2.52. The zero-order valence-electron chi connectivity index (χ0n) is 24.5. The number of alkyl halides is 3. The molecular formula is C30H38F3N5O4. The van der Waals surface area contributed by atoms with Crippen molar-refractivity contribution >= 4 is 29.3 Å². The van der Waals surface area contributed by atoms with E-state index in [9.17, 15) is 37.6 Å². The fourth-order valence-corrected chi connectivity index (χ4v) is 4.80. The Bertz CT molecular complexity index is 1230. The molecule has 1 aromatic carbocycles. The monoisotopic (exact) mass is 589 g/mol.